The molecular weight excluding hydrogens is 168 g/mol. The van der Waals surface area contributed by atoms with Crippen LogP contribution in [0.3, 0.4) is 0 Å². The lowest BCUT2D eigenvalue weighted by Gasteiger charge is -2.56. The van der Waals surface area contributed by atoms with Crippen LogP contribution < -0.4 is 0 Å². The van der Waals surface area contributed by atoms with Gasteiger partial charge in [0, 0.05) is 0 Å². The van der Waals surface area contributed by atoms with E-state index in [0.717, 1.165) is 19.3 Å². The van der Waals surface area contributed by atoms with Crippen LogP contribution in [0.2, 0.25) is 0 Å². The molecule has 2 aliphatic heterocycles. The van der Waals surface area contributed by atoms with Crippen LogP contribution in [0.1, 0.15) is 33.1 Å². The van der Waals surface area contributed by atoms with Crippen LogP contribution in [0.15, 0.2) is 0 Å². The normalized spacial score (nSPS) is 48.0. The minimum atomic E-state index is -0.668. The van der Waals surface area contributed by atoms with Crippen LogP contribution in [-0.4, -0.2) is 34.1 Å². The lowest BCUT2D eigenvalue weighted by Crippen LogP contribution is -2.64. The molecule has 13 heavy (non-hydrogen) atoms. The van der Waals surface area contributed by atoms with Crippen molar-refractivity contribution < 1.29 is 14.9 Å². The molecule has 3 nitrogen and oxygen atoms in total. The van der Waals surface area contributed by atoms with Gasteiger partial charge < -0.3 is 14.9 Å². The fraction of sp³-hybridized carbons (Fsp3) is 1.00. The predicted molar refractivity (Wildman–Crippen MR) is 48.3 cm³/mol. The Morgan fingerprint density at radius 3 is 2.54 bits per heavy atom. The van der Waals surface area contributed by atoms with Gasteiger partial charge in [-0.1, -0.05) is 0 Å². The van der Waals surface area contributed by atoms with Crippen LogP contribution in [0, 0.1) is 5.92 Å². The van der Waals surface area contributed by atoms with Crippen molar-refractivity contribution >= 4 is 0 Å². The Morgan fingerprint density at radius 2 is 2.15 bits per heavy atom. The van der Waals surface area contributed by atoms with Crippen LogP contribution in [0.5, 0.6) is 0 Å². The van der Waals surface area contributed by atoms with Gasteiger partial charge in [0.15, 0.2) is 0 Å². The Bertz CT molecular complexity index is 214. The van der Waals surface area contributed by atoms with E-state index in [1.54, 1.807) is 0 Å². The molecule has 0 radical (unpaired) electrons. The first-order valence-electron chi connectivity index (χ1n) is 4.99. The maximum atomic E-state index is 9.80. The molecule has 3 aliphatic rings. The number of hydrogen-bond acceptors (Lipinski definition) is 3. The van der Waals surface area contributed by atoms with Gasteiger partial charge in [0.25, 0.3) is 0 Å². The molecule has 1 aliphatic carbocycles. The zero-order valence-corrected chi connectivity index (χ0v) is 8.29. The Kier molecular flexibility index (Phi) is 1.95. The number of fused-ring (bicyclic) bond motifs is 3. The molecule has 0 aromatic carbocycles. The summed E-state index contributed by atoms with van der Waals surface area (Å²) in [6.07, 6.45) is 2.14. The average molecular weight is 186 g/mol. The van der Waals surface area contributed by atoms with Crippen molar-refractivity contribution in [1.82, 2.24) is 0 Å². The van der Waals surface area contributed by atoms with Gasteiger partial charge in [-0.15, -0.1) is 0 Å². The molecule has 2 heterocycles. The third-order valence-corrected chi connectivity index (χ3v) is 3.75. The van der Waals surface area contributed by atoms with E-state index >= 15 is 0 Å². The summed E-state index contributed by atoms with van der Waals surface area (Å²) in [7, 11) is 0. The average Bonchev–Trinajstić information content (AvgIpc) is 2.07. The van der Waals surface area contributed by atoms with E-state index in [0.29, 0.717) is 5.92 Å². The Morgan fingerprint density at radius 1 is 1.46 bits per heavy atom. The van der Waals surface area contributed by atoms with E-state index < -0.39 is 11.7 Å². The molecule has 3 rings (SSSR count). The van der Waals surface area contributed by atoms with Crippen LogP contribution in [-0.2, 0) is 4.74 Å². The first-order valence-corrected chi connectivity index (χ1v) is 4.99. The highest BCUT2D eigenvalue weighted by molar-refractivity contribution is 5.04. The first kappa shape index (κ1) is 9.44. The fourth-order valence-electron chi connectivity index (χ4n) is 2.76. The third kappa shape index (κ3) is 1.22. The molecule has 0 spiro atoms. The van der Waals surface area contributed by atoms with Crippen molar-refractivity contribution in [2.75, 3.05) is 6.61 Å². The van der Waals surface area contributed by atoms with Crippen molar-refractivity contribution in [3.8, 4) is 0 Å². The Labute approximate surface area is 78.7 Å². The second-order valence-corrected chi connectivity index (χ2v) is 4.92. The molecule has 0 aromatic rings. The number of aliphatic hydroxyl groups is 2. The highest BCUT2D eigenvalue weighted by atomic mass is 16.6. The van der Waals surface area contributed by atoms with Gasteiger partial charge in [-0.3, -0.25) is 0 Å². The van der Waals surface area contributed by atoms with E-state index in [1.807, 2.05) is 13.8 Å². The SMILES string of the molecule is CC1(C)OC2(CO)CCC1CC2O. The molecule has 2 saturated heterocycles. The van der Waals surface area contributed by atoms with E-state index in [4.69, 9.17) is 4.74 Å². The smallest absolute Gasteiger partial charge is 0.118 e. The first-order chi connectivity index (χ1) is 6.00. The van der Waals surface area contributed by atoms with Gasteiger partial charge >= 0.3 is 0 Å². The summed E-state index contributed by atoms with van der Waals surface area (Å²) >= 11 is 0. The van der Waals surface area contributed by atoms with Crippen molar-refractivity contribution in [2.24, 2.45) is 5.92 Å². The maximum Gasteiger partial charge on any atom is 0.118 e. The summed E-state index contributed by atoms with van der Waals surface area (Å²) in [6, 6.07) is 0. The summed E-state index contributed by atoms with van der Waals surface area (Å²) < 4.78 is 5.82. The summed E-state index contributed by atoms with van der Waals surface area (Å²) in [5, 5.41) is 19.1. The highest BCUT2D eigenvalue weighted by Crippen LogP contribution is 2.49. The summed E-state index contributed by atoms with van der Waals surface area (Å²) in [4.78, 5) is 0. The number of ether oxygens (including phenoxy) is 1. The monoisotopic (exact) mass is 186 g/mol. The van der Waals surface area contributed by atoms with Crippen molar-refractivity contribution in [3.05, 3.63) is 0 Å². The van der Waals surface area contributed by atoms with Gasteiger partial charge in [-0.05, 0) is 39.0 Å². The van der Waals surface area contributed by atoms with Gasteiger partial charge in [-0.2, -0.15) is 0 Å². The molecular formula is C10H18O3. The fourth-order valence-corrected chi connectivity index (χ4v) is 2.76. The zero-order chi connectivity index (χ0) is 9.69. The molecule has 0 aromatic heterocycles. The Hall–Kier alpha value is -0.120. The van der Waals surface area contributed by atoms with E-state index in [1.165, 1.54) is 0 Å². The number of hydrogen-bond donors (Lipinski definition) is 2. The van der Waals surface area contributed by atoms with Gasteiger partial charge in [0.1, 0.15) is 5.60 Å². The molecule has 3 heteroatoms. The number of aliphatic hydroxyl groups excluding tert-OH is 2. The molecule has 3 unspecified atom stereocenters. The second-order valence-electron chi connectivity index (χ2n) is 4.92. The van der Waals surface area contributed by atoms with Crippen molar-refractivity contribution in [3.63, 3.8) is 0 Å². The second kappa shape index (κ2) is 2.69. The predicted octanol–water partition coefficient (Wildman–Crippen LogP) is 0.687. The zero-order valence-electron chi connectivity index (χ0n) is 8.29. The van der Waals surface area contributed by atoms with Gasteiger partial charge in [-0.25, -0.2) is 0 Å². The molecule has 3 atom stereocenters. The largest absolute Gasteiger partial charge is 0.393 e. The standard InChI is InChI=1S/C10H18O3/c1-9(2)7-3-4-10(6-11,13-9)8(12)5-7/h7-8,11-12H,3-6H2,1-2H3. The van der Waals surface area contributed by atoms with Crippen LogP contribution in [0.4, 0.5) is 0 Å². The minimum Gasteiger partial charge on any atom is -0.393 e. The van der Waals surface area contributed by atoms with Gasteiger partial charge in [0.2, 0.25) is 0 Å². The maximum absolute atomic E-state index is 9.80. The molecule has 3 fully saturated rings. The molecule has 0 amide bonds. The van der Waals surface area contributed by atoms with Gasteiger partial charge in [0.05, 0.1) is 18.3 Å². The topological polar surface area (TPSA) is 49.7 Å². The Balaban J connectivity index is 2.27. The number of rotatable bonds is 1. The summed E-state index contributed by atoms with van der Waals surface area (Å²) in [5.74, 6) is 0.441. The van der Waals surface area contributed by atoms with E-state index in [-0.39, 0.29) is 12.2 Å². The third-order valence-electron chi connectivity index (χ3n) is 3.75. The van der Waals surface area contributed by atoms with Crippen LogP contribution in [0.25, 0.3) is 0 Å². The lowest BCUT2D eigenvalue weighted by atomic mass is 9.67. The summed E-state index contributed by atoms with van der Waals surface area (Å²) in [6.45, 7) is 4.03. The lowest BCUT2D eigenvalue weighted by molar-refractivity contribution is -0.291. The molecule has 2 N–H and O–H groups in total. The molecule has 76 valence electrons. The highest BCUT2D eigenvalue weighted by Gasteiger charge is 2.55. The van der Waals surface area contributed by atoms with Crippen molar-refractivity contribution in [2.45, 2.75) is 50.4 Å². The summed E-state index contributed by atoms with van der Waals surface area (Å²) in [5.41, 5.74) is -0.849. The molecule has 2 bridgehead atoms. The van der Waals surface area contributed by atoms with E-state index in [2.05, 4.69) is 0 Å². The molecule has 1 saturated carbocycles. The van der Waals surface area contributed by atoms with E-state index in [9.17, 15) is 10.2 Å². The minimum absolute atomic E-state index is 0.0652. The van der Waals surface area contributed by atoms with Crippen LogP contribution >= 0.6 is 0 Å². The quantitative estimate of drug-likeness (QED) is 0.633. The van der Waals surface area contributed by atoms with Crippen molar-refractivity contribution in [1.29, 1.82) is 0 Å².